The van der Waals surface area contributed by atoms with Gasteiger partial charge in [-0.25, -0.2) is 4.68 Å². The van der Waals surface area contributed by atoms with Crippen LogP contribution in [0.3, 0.4) is 0 Å². The second kappa shape index (κ2) is 9.61. The Balaban J connectivity index is 2.08. The fraction of sp³-hybridized carbons (Fsp3) is 0.381. The summed E-state index contributed by atoms with van der Waals surface area (Å²) in [7, 11) is 1.30. The molecule has 2 aromatic heterocycles. The van der Waals surface area contributed by atoms with E-state index in [2.05, 4.69) is 43.0 Å². The molecular weight excluding hydrogens is 538 g/mol. The van der Waals surface area contributed by atoms with E-state index in [1.54, 1.807) is 4.68 Å². The number of pyridine rings is 1. The lowest BCUT2D eigenvalue weighted by atomic mass is 10.2. The van der Waals surface area contributed by atoms with Crippen LogP contribution >= 0.6 is 22.6 Å². The van der Waals surface area contributed by atoms with Crippen LogP contribution in [-0.4, -0.2) is 38.1 Å². The number of methoxy groups -OCH3 is 1. The summed E-state index contributed by atoms with van der Waals surface area (Å²) in [5.74, 6) is 0.612. The molecule has 3 rings (SSSR count). The highest BCUT2D eigenvalue weighted by Crippen LogP contribution is 2.35. The maximum absolute atomic E-state index is 13.3. The van der Waals surface area contributed by atoms with Gasteiger partial charge >= 0.3 is 6.18 Å². The molecule has 0 aliphatic heterocycles. The number of alkyl halides is 4. The number of ether oxygens (including phenoxy) is 1. The number of hydrogen-bond acceptors (Lipinski definition) is 6. The quantitative estimate of drug-likeness (QED) is 0.296. The van der Waals surface area contributed by atoms with Crippen molar-refractivity contribution in [1.82, 2.24) is 19.7 Å². The van der Waals surface area contributed by atoms with Crippen LogP contribution in [0, 0.1) is 13.8 Å². The Labute approximate surface area is 197 Å². The van der Waals surface area contributed by atoms with Crippen molar-refractivity contribution in [1.29, 1.82) is 0 Å². The van der Waals surface area contributed by atoms with Crippen LogP contribution < -0.4 is 10.1 Å². The fourth-order valence-corrected chi connectivity index (χ4v) is 4.04. The number of aliphatic hydroxyl groups excluding tert-OH is 1. The Morgan fingerprint density at radius 3 is 2.34 bits per heavy atom. The van der Waals surface area contributed by atoms with Crippen LogP contribution in [0.5, 0.6) is 5.75 Å². The van der Waals surface area contributed by atoms with Gasteiger partial charge in [0.1, 0.15) is 9.80 Å². The molecule has 2 atom stereocenters. The van der Waals surface area contributed by atoms with E-state index < -0.39 is 21.9 Å². The van der Waals surface area contributed by atoms with Gasteiger partial charge in [0, 0.05) is 28.7 Å². The first-order valence-corrected chi connectivity index (χ1v) is 11.0. The zero-order chi connectivity index (χ0) is 23.6. The van der Waals surface area contributed by atoms with Gasteiger partial charge in [0.25, 0.3) is 0 Å². The van der Waals surface area contributed by atoms with E-state index >= 15 is 0 Å². The minimum Gasteiger partial charge on any atom is -0.497 e. The second-order valence-corrected chi connectivity index (χ2v) is 8.54. The highest BCUT2D eigenvalue weighted by atomic mass is 127. The smallest absolute Gasteiger partial charge is 0.416 e. The molecule has 2 heterocycles. The Kier molecular flexibility index (Phi) is 7.28. The van der Waals surface area contributed by atoms with Crippen LogP contribution in [0.1, 0.15) is 34.3 Å². The van der Waals surface area contributed by atoms with E-state index in [9.17, 15) is 18.3 Å². The molecule has 2 N–H and O–H groups in total. The molecule has 0 radical (unpaired) electrons. The van der Waals surface area contributed by atoms with Crippen molar-refractivity contribution < 1.29 is 23.0 Å². The Bertz CT molecular complexity index is 1080. The third-order valence-electron chi connectivity index (χ3n) is 4.67. The zero-order valence-corrected chi connectivity index (χ0v) is 20.1. The monoisotopic (exact) mass is 561 g/mol. The molecule has 11 heteroatoms. The van der Waals surface area contributed by atoms with E-state index in [4.69, 9.17) is 4.74 Å². The SMILES string of the molecule is CCC(O)[C@H](I)n1nc(Nc2cc(OC)cc(C(F)(F)F)c2)nc1-c1cc(C)nc(C)c1. The first kappa shape index (κ1) is 24.2. The minimum atomic E-state index is -4.53. The number of nitrogens with zero attached hydrogens (tertiary/aromatic N) is 4. The number of aromatic nitrogens is 4. The number of nitrogens with one attached hydrogen (secondary N) is 1. The summed E-state index contributed by atoms with van der Waals surface area (Å²) in [6.45, 7) is 5.56. The lowest BCUT2D eigenvalue weighted by Gasteiger charge is -2.18. The van der Waals surface area contributed by atoms with E-state index in [1.165, 1.54) is 13.2 Å². The van der Waals surface area contributed by atoms with E-state index in [-0.39, 0.29) is 17.4 Å². The number of rotatable bonds is 7. The highest BCUT2D eigenvalue weighted by molar-refractivity contribution is 14.1. The van der Waals surface area contributed by atoms with Crippen LogP contribution in [0.4, 0.5) is 24.8 Å². The van der Waals surface area contributed by atoms with Gasteiger partial charge in [-0.2, -0.15) is 18.2 Å². The summed E-state index contributed by atoms with van der Waals surface area (Å²) in [6, 6.07) is 6.99. The predicted molar refractivity (Wildman–Crippen MR) is 123 cm³/mol. The first-order valence-electron chi connectivity index (χ1n) is 9.79. The third kappa shape index (κ3) is 5.49. The van der Waals surface area contributed by atoms with Gasteiger partial charge < -0.3 is 15.2 Å². The fourth-order valence-electron chi connectivity index (χ4n) is 3.15. The normalized spacial score (nSPS) is 13.7. The highest BCUT2D eigenvalue weighted by Gasteiger charge is 2.32. The third-order valence-corrected chi connectivity index (χ3v) is 6.02. The molecule has 172 valence electrons. The van der Waals surface area contributed by atoms with Gasteiger partial charge in [0.15, 0.2) is 5.82 Å². The largest absolute Gasteiger partial charge is 0.497 e. The Hall–Kier alpha value is -2.41. The second-order valence-electron chi connectivity index (χ2n) is 7.26. The molecule has 3 aromatic rings. The van der Waals surface area contributed by atoms with Gasteiger partial charge in [-0.15, -0.1) is 5.10 Å². The molecule has 1 aromatic carbocycles. The van der Waals surface area contributed by atoms with E-state index in [0.29, 0.717) is 12.2 Å². The molecule has 7 nitrogen and oxygen atoms in total. The van der Waals surface area contributed by atoms with Gasteiger partial charge in [0.2, 0.25) is 5.95 Å². The van der Waals surface area contributed by atoms with Crippen LogP contribution in [0.25, 0.3) is 11.4 Å². The van der Waals surface area contributed by atoms with Crippen LogP contribution in [0.15, 0.2) is 30.3 Å². The molecule has 0 amide bonds. The number of anilines is 2. The number of halogens is 4. The van der Waals surface area contributed by atoms with Crippen LogP contribution in [0.2, 0.25) is 0 Å². The zero-order valence-electron chi connectivity index (χ0n) is 17.9. The number of aliphatic hydroxyl groups is 1. The maximum Gasteiger partial charge on any atom is 0.416 e. The number of benzene rings is 1. The molecule has 0 saturated carbocycles. The summed E-state index contributed by atoms with van der Waals surface area (Å²) in [6.07, 6.45) is -4.73. The molecule has 1 unspecified atom stereocenters. The average molecular weight is 561 g/mol. The van der Waals surface area contributed by atoms with E-state index in [1.807, 2.05) is 32.9 Å². The molecule has 0 aliphatic carbocycles. The first-order chi connectivity index (χ1) is 15.0. The van der Waals surface area contributed by atoms with Crippen LogP contribution in [-0.2, 0) is 6.18 Å². The molecule has 0 saturated heterocycles. The van der Waals surface area contributed by atoms with E-state index in [0.717, 1.165) is 29.1 Å². The topological polar surface area (TPSA) is 85.1 Å². The van der Waals surface area contributed by atoms with Crippen molar-refractivity contribution >= 4 is 34.2 Å². The van der Waals surface area contributed by atoms with Crippen molar-refractivity contribution in [2.24, 2.45) is 0 Å². The predicted octanol–water partition coefficient (Wildman–Crippen LogP) is 5.43. The summed E-state index contributed by atoms with van der Waals surface area (Å²) >= 11 is 2.07. The van der Waals surface area contributed by atoms with Crippen molar-refractivity contribution in [3.05, 3.63) is 47.3 Å². The standard InChI is InChI=1S/C21H23F3IN5O2/c1-5-17(31)18(25)30-19(13-6-11(2)26-12(3)7-13)28-20(29-30)27-15-8-14(21(22,23)24)9-16(10-15)32-4/h6-10,17-18,31H,5H2,1-4H3,(H,27,29)/t17?,18-/m1/s1. The molecule has 0 spiro atoms. The summed E-state index contributed by atoms with van der Waals surface area (Å²) in [4.78, 5) is 8.89. The van der Waals surface area contributed by atoms with Gasteiger partial charge in [-0.3, -0.25) is 4.98 Å². The molecule has 0 bridgehead atoms. The van der Waals surface area contributed by atoms with Crippen molar-refractivity contribution in [3.63, 3.8) is 0 Å². The van der Waals surface area contributed by atoms with Gasteiger partial charge in [0.05, 0.1) is 18.8 Å². The summed E-state index contributed by atoms with van der Waals surface area (Å²) in [5, 5.41) is 17.7. The van der Waals surface area contributed by atoms with Crippen molar-refractivity contribution in [2.45, 2.75) is 43.5 Å². The van der Waals surface area contributed by atoms with Crippen molar-refractivity contribution in [3.8, 4) is 17.1 Å². The van der Waals surface area contributed by atoms with Crippen molar-refractivity contribution in [2.75, 3.05) is 12.4 Å². The Morgan fingerprint density at radius 1 is 1.12 bits per heavy atom. The summed E-state index contributed by atoms with van der Waals surface area (Å²) in [5.41, 5.74) is 1.58. The average Bonchev–Trinajstić information content (AvgIpc) is 3.14. The molecular formula is C21H23F3IN5O2. The lowest BCUT2D eigenvalue weighted by Crippen LogP contribution is -2.20. The Morgan fingerprint density at radius 2 is 1.78 bits per heavy atom. The lowest BCUT2D eigenvalue weighted by molar-refractivity contribution is -0.137. The minimum absolute atomic E-state index is 0.0514. The molecule has 32 heavy (non-hydrogen) atoms. The molecule has 0 aliphatic rings. The number of hydrogen-bond donors (Lipinski definition) is 2. The van der Waals surface area contributed by atoms with Gasteiger partial charge in [-0.1, -0.05) is 29.5 Å². The maximum atomic E-state index is 13.3. The number of aryl methyl sites for hydroxylation is 2. The molecule has 0 fully saturated rings. The van der Waals surface area contributed by atoms with Gasteiger partial charge in [-0.05, 0) is 44.5 Å². The summed E-state index contributed by atoms with van der Waals surface area (Å²) < 4.78 is 45.9.